The SMILES string of the molecule is CCc1cccc(S(=O)(=O)NC2CCCC2CN)c1.Cl. The van der Waals surface area contributed by atoms with E-state index in [1.54, 1.807) is 18.2 Å². The molecule has 2 rings (SSSR count). The molecule has 1 fully saturated rings. The van der Waals surface area contributed by atoms with Gasteiger partial charge in [-0.25, -0.2) is 13.1 Å². The van der Waals surface area contributed by atoms with Crippen molar-refractivity contribution in [3.05, 3.63) is 29.8 Å². The van der Waals surface area contributed by atoms with Gasteiger partial charge in [0.15, 0.2) is 0 Å². The van der Waals surface area contributed by atoms with Crippen molar-refractivity contribution in [1.29, 1.82) is 0 Å². The number of rotatable bonds is 5. The largest absolute Gasteiger partial charge is 0.330 e. The number of nitrogens with one attached hydrogen (secondary N) is 1. The fraction of sp³-hybridized carbons (Fsp3) is 0.571. The van der Waals surface area contributed by atoms with E-state index in [9.17, 15) is 8.42 Å². The van der Waals surface area contributed by atoms with Crippen LogP contribution in [0.3, 0.4) is 0 Å². The molecule has 4 nitrogen and oxygen atoms in total. The van der Waals surface area contributed by atoms with Crippen molar-refractivity contribution in [2.45, 2.75) is 43.5 Å². The van der Waals surface area contributed by atoms with E-state index >= 15 is 0 Å². The van der Waals surface area contributed by atoms with Crippen LogP contribution in [-0.2, 0) is 16.4 Å². The molecule has 1 aromatic carbocycles. The number of sulfonamides is 1. The molecule has 3 N–H and O–H groups in total. The molecule has 0 aliphatic heterocycles. The van der Waals surface area contributed by atoms with Crippen LogP contribution in [0.15, 0.2) is 29.2 Å². The van der Waals surface area contributed by atoms with Gasteiger partial charge in [-0.1, -0.05) is 25.5 Å². The summed E-state index contributed by atoms with van der Waals surface area (Å²) in [6.45, 7) is 2.56. The van der Waals surface area contributed by atoms with Crippen LogP contribution in [0.2, 0.25) is 0 Å². The van der Waals surface area contributed by atoms with Gasteiger partial charge in [0.2, 0.25) is 10.0 Å². The smallest absolute Gasteiger partial charge is 0.240 e. The predicted octanol–water partition coefficient (Wildman–Crippen LogP) is 2.08. The topological polar surface area (TPSA) is 72.2 Å². The van der Waals surface area contributed by atoms with Crippen molar-refractivity contribution in [1.82, 2.24) is 4.72 Å². The lowest BCUT2D eigenvalue weighted by molar-refractivity contribution is 0.453. The summed E-state index contributed by atoms with van der Waals surface area (Å²) < 4.78 is 27.5. The van der Waals surface area contributed by atoms with Crippen molar-refractivity contribution in [3.63, 3.8) is 0 Å². The Morgan fingerprint density at radius 2 is 2.10 bits per heavy atom. The Bertz CT molecular complexity index is 534. The molecule has 0 aromatic heterocycles. The first-order chi connectivity index (χ1) is 9.06. The maximum Gasteiger partial charge on any atom is 0.240 e. The Morgan fingerprint density at radius 3 is 2.75 bits per heavy atom. The summed E-state index contributed by atoms with van der Waals surface area (Å²) in [5, 5.41) is 0. The summed E-state index contributed by atoms with van der Waals surface area (Å²) in [7, 11) is -3.42. The average Bonchev–Trinajstić information content (AvgIpc) is 2.85. The molecule has 114 valence electrons. The highest BCUT2D eigenvalue weighted by Crippen LogP contribution is 2.26. The van der Waals surface area contributed by atoms with Gasteiger partial charge in [0.1, 0.15) is 0 Å². The Hall–Kier alpha value is -0.620. The number of nitrogens with two attached hydrogens (primary N) is 1. The molecule has 0 saturated heterocycles. The highest BCUT2D eigenvalue weighted by atomic mass is 35.5. The minimum Gasteiger partial charge on any atom is -0.330 e. The molecule has 1 aliphatic rings. The monoisotopic (exact) mass is 318 g/mol. The van der Waals surface area contributed by atoms with E-state index in [-0.39, 0.29) is 24.4 Å². The normalized spacial score (nSPS) is 22.5. The third kappa shape index (κ3) is 3.95. The standard InChI is InChI=1S/C14H22N2O2S.ClH/c1-2-11-5-3-7-13(9-11)19(17,18)16-14-8-4-6-12(14)10-15;/h3,5,7,9,12,14,16H,2,4,6,8,10,15H2,1H3;1H. The Labute approximate surface area is 127 Å². The number of aryl methyl sites for hydroxylation is 1. The summed E-state index contributed by atoms with van der Waals surface area (Å²) in [6.07, 6.45) is 3.77. The van der Waals surface area contributed by atoms with Crippen molar-refractivity contribution in [2.24, 2.45) is 11.7 Å². The minimum atomic E-state index is -3.42. The third-order valence-electron chi connectivity index (χ3n) is 3.89. The third-order valence-corrected chi connectivity index (χ3v) is 5.37. The first kappa shape index (κ1) is 17.4. The van der Waals surface area contributed by atoms with Gasteiger partial charge in [-0.2, -0.15) is 0 Å². The van der Waals surface area contributed by atoms with E-state index in [0.717, 1.165) is 31.2 Å². The van der Waals surface area contributed by atoms with E-state index in [0.29, 0.717) is 11.4 Å². The number of hydrogen-bond donors (Lipinski definition) is 2. The molecule has 0 amide bonds. The number of halogens is 1. The second-order valence-corrected chi connectivity index (χ2v) is 6.87. The van der Waals surface area contributed by atoms with Crippen LogP contribution in [0.4, 0.5) is 0 Å². The molecule has 0 heterocycles. The van der Waals surface area contributed by atoms with Gasteiger partial charge in [0.25, 0.3) is 0 Å². The molecule has 2 atom stereocenters. The molecule has 20 heavy (non-hydrogen) atoms. The zero-order valence-corrected chi connectivity index (χ0v) is 13.3. The summed E-state index contributed by atoms with van der Waals surface area (Å²) in [5.74, 6) is 0.268. The van der Waals surface area contributed by atoms with Gasteiger partial charge in [0, 0.05) is 6.04 Å². The molecule has 0 bridgehead atoms. The highest BCUT2D eigenvalue weighted by Gasteiger charge is 2.30. The maximum atomic E-state index is 12.4. The second-order valence-electron chi connectivity index (χ2n) is 5.16. The van der Waals surface area contributed by atoms with Crippen LogP contribution in [0.1, 0.15) is 31.7 Å². The van der Waals surface area contributed by atoms with Crippen LogP contribution in [0, 0.1) is 5.92 Å². The molecule has 1 aliphatic carbocycles. The molecule has 6 heteroatoms. The summed E-state index contributed by atoms with van der Waals surface area (Å²) >= 11 is 0. The molecule has 0 spiro atoms. The van der Waals surface area contributed by atoms with E-state index in [2.05, 4.69) is 4.72 Å². The lowest BCUT2D eigenvalue weighted by Crippen LogP contribution is -2.39. The van der Waals surface area contributed by atoms with E-state index in [1.165, 1.54) is 0 Å². The van der Waals surface area contributed by atoms with Gasteiger partial charge >= 0.3 is 0 Å². The van der Waals surface area contributed by atoms with E-state index < -0.39 is 10.0 Å². The van der Waals surface area contributed by atoms with Gasteiger partial charge in [-0.05, 0) is 49.4 Å². The van der Waals surface area contributed by atoms with Gasteiger partial charge in [-0.15, -0.1) is 12.4 Å². The summed E-state index contributed by atoms with van der Waals surface area (Å²) in [5.41, 5.74) is 6.72. The lowest BCUT2D eigenvalue weighted by atomic mass is 10.1. The quantitative estimate of drug-likeness (QED) is 0.873. The first-order valence-electron chi connectivity index (χ1n) is 6.88. The molecule has 0 radical (unpaired) electrons. The zero-order valence-electron chi connectivity index (χ0n) is 11.7. The second kappa shape index (κ2) is 7.41. The maximum absolute atomic E-state index is 12.4. The molecular weight excluding hydrogens is 296 g/mol. The summed E-state index contributed by atoms with van der Waals surface area (Å²) in [4.78, 5) is 0.356. The van der Waals surface area contributed by atoms with Gasteiger partial charge < -0.3 is 5.73 Å². The van der Waals surface area contributed by atoms with Crippen LogP contribution in [-0.4, -0.2) is 21.0 Å². The van der Waals surface area contributed by atoms with Crippen LogP contribution in [0.5, 0.6) is 0 Å². The van der Waals surface area contributed by atoms with Crippen molar-refractivity contribution in [3.8, 4) is 0 Å². The van der Waals surface area contributed by atoms with Crippen LogP contribution in [0.25, 0.3) is 0 Å². The number of hydrogen-bond acceptors (Lipinski definition) is 3. The Morgan fingerprint density at radius 1 is 1.35 bits per heavy atom. The molecule has 1 aromatic rings. The minimum absolute atomic E-state index is 0. The first-order valence-corrected chi connectivity index (χ1v) is 8.36. The van der Waals surface area contributed by atoms with Gasteiger partial charge in [0.05, 0.1) is 4.90 Å². The van der Waals surface area contributed by atoms with Crippen molar-refractivity contribution < 1.29 is 8.42 Å². The van der Waals surface area contributed by atoms with Gasteiger partial charge in [-0.3, -0.25) is 0 Å². The fourth-order valence-electron chi connectivity index (χ4n) is 2.67. The lowest BCUT2D eigenvalue weighted by Gasteiger charge is -2.19. The highest BCUT2D eigenvalue weighted by molar-refractivity contribution is 7.89. The Balaban J connectivity index is 0.00000200. The van der Waals surface area contributed by atoms with Crippen LogP contribution < -0.4 is 10.5 Å². The van der Waals surface area contributed by atoms with Crippen molar-refractivity contribution >= 4 is 22.4 Å². The number of benzene rings is 1. The fourth-order valence-corrected chi connectivity index (χ4v) is 4.08. The van der Waals surface area contributed by atoms with Crippen LogP contribution >= 0.6 is 12.4 Å². The predicted molar refractivity (Wildman–Crippen MR) is 83.6 cm³/mol. The zero-order chi connectivity index (χ0) is 13.9. The van der Waals surface area contributed by atoms with Crippen molar-refractivity contribution in [2.75, 3.05) is 6.54 Å². The molecule has 1 saturated carbocycles. The Kier molecular flexibility index (Phi) is 6.45. The summed E-state index contributed by atoms with van der Waals surface area (Å²) in [6, 6.07) is 7.11. The average molecular weight is 319 g/mol. The van der Waals surface area contributed by atoms with E-state index in [4.69, 9.17) is 5.73 Å². The molecular formula is C14H23ClN2O2S. The molecule has 2 unspecified atom stereocenters. The van der Waals surface area contributed by atoms with E-state index in [1.807, 2.05) is 13.0 Å².